The Morgan fingerprint density at radius 1 is 1.90 bits per heavy atom. The molecule has 0 unspecified atom stereocenters. The highest BCUT2D eigenvalue weighted by atomic mass is 32.2. The van der Waals surface area contributed by atoms with Gasteiger partial charge in [0.2, 0.25) is 0 Å². The standard InChI is InChI=1S/C5H11N3OS/c1-3-9-5-6-4-8(2)10-7-5/h3-4H2,1-2H3,(H,6,7). The second-order valence-electron chi connectivity index (χ2n) is 1.86. The smallest absolute Gasteiger partial charge is 0.297 e. The van der Waals surface area contributed by atoms with Gasteiger partial charge in [0, 0.05) is 19.2 Å². The third kappa shape index (κ3) is 2.07. The van der Waals surface area contributed by atoms with Gasteiger partial charge < -0.3 is 4.74 Å². The van der Waals surface area contributed by atoms with E-state index in [1.54, 1.807) is 0 Å². The van der Waals surface area contributed by atoms with Crippen LogP contribution >= 0.6 is 12.1 Å². The van der Waals surface area contributed by atoms with Crippen LogP contribution in [0.3, 0.4) is 0 Å². The van der Waals surface area contributed by atoms with Gasteiger partial charge in [-0.2, -0.15) is 0 Å². The first-order valence-corrected chi connectivity index (χ1v) is 3.91. The van der Waals surface area contributed by atoms with Crippen molar-refractivity contribution >= 4 is 18.2 Å². The molecule has 0 fully saturated rings. The van der Waals surface area contributed by atoms with Gasteiger partial charge in [-0.15, -0.1) is 0 Å². The highest BCUT2D eigenvalue weighted by Crippen LogP contribution is 2.06. The molecule has 0 spiro atoms. The molecule has 1 rings (SSSR count). The normalized spacial score (nSPS) is 19.6. The summed E-state index contributed by atoms with van der Waals surface area (Å²) in [6.07, 6.45) is 0. The van der Waals surface area contributed by atoms with E-state index in [4.69, 9.17) is 4.74 Å². The Labute approximate surface area is 64.9 Å². The van der Waals surface area contributed by atoms with Crippen LogP contribution in [0.25, 0.3) is 0 Å². The first kappa shape index (κ1) is 7.68. The molecule has 1 aliphatic rings. The first-order valence-electron chi connectivity index (χ1n) is 3.14. The molecule has 1 heterocycles. The molecule has 0 aliphatic carbocycles. The second-order valence-corrected chi connectivity index (χ2v) is 2.87. The average Bonchev–Trinajstić information content (AvgIpc) is 1.95. The van der Waals surface area contributed by atoms with Crippen LogP contribution in [0.4, 0.5) is 0 Å². The van der Waals surface area contributed by atoms with Crippen molar-refractivity contribution in [1.82, 2.24) is 9.03 Å². The minimum absolute atomic E-state index is 0.630. The fourth-order valence-corrected chi connectivity index (χ4v) is 1.03. The number of nitrogens with zero attached hydrogens (tertiary/aromatic N) is 2. The van der Waals surface area contributed by atoms with Crippen molar-refractivity contribution in [3.8, 4) is 0 Å². The van der Waals surface area contributed by atoms with E-state index in [0.717, 1.165) is 0 Å². The van der Waals surface area contributed by atoms with E-state index < -0.39 is 0 Å². The molecule has 0 aromatic rings. The van der Waals surface area contributed by atoms with Crippen LogP contribution in [0, 0.1) is 0 Å². The van der Waals surface area contributed by atoms with Gasteiger partial charge in [0.05, 0.1) is 6.61 Å². The Morgan fingerprint density at radius 2 is 2.70 bits per heavy atom. The van der Waals surface area contributed by atoms with Gasteiger partial charge in [0.25, 0.3) is 6.02 Å². The Hall–Kier alpha value is -0.420. The van der Waals surface area contributed by atoms with Gasteiger partial charge in [0.1, 0.15) is 6.67 Å². The van der Waals surface area contributed by atoms with E-state index in [0.29, 0.717) is 19.3 Å². The largest absolute Gasteiger partial charge is 0.465 e. The van der Waals surface area contributed by atoms with Crippen molar-refractivity contribution in [1.29, 1.82) is 0 Å². The van der Waals surface area contributed by atoms with E-state index in [9.17, 15) is 0 Å². The monoisotopic (exact) mass is 161 g/mol. The van der Waals surface area contributed by atoms with E-state index in [-0.39, 0.29) is 0 Å². The lowest BCUT2D eigenvalue weighted by Crippen LogP contribution is -2.31. The van der Waals surface area contributed by atoms with Crippen LogP contribution in [-0.2, 0) is 4.74 Å². The fourth-order valence-electron chi connectivity index (χ4n) is 0.554. The zero-order valence-electron chi connectivity index (χ0n) is 6.13. The number of hydrogen-bond acceptors (Lipinski definition) is 5. The molecular formula is C5H11N3OS. The fraction of sp³-hybridized carbons (Fsp3) is 0.800. The minimum atomic E-state index is 0.630. The Morgan fingerprint density at radius 3 is 3.20 bits per heavy atom. The Bertz CT molecular complexity index is 139. The second kappa shape index (κ2) is 3.68. The topological polar surface area (TPSA) is 36.9 Å². The molecule has 0 saturated carbocycles. The molecular weight excluding hydrogens is 150 g/mol. The molecule has 0 aromatic carbocycles. The summed E-state index contributed by atoms with van der Waals surface area (Å²) in [5, 5.41) is 0. The van der Waals surface area contributed by atoms with Crippen molar-refractivity contribution < 1.29 is 4.74 Å². The predicted molar refractivity (Wildman–Crippen MR) is 42.4 cm³/mol. The lowest BCUT2D eigenvalue weighted by Gasteiger charge is -2.19. The van der Waals surface area contributed by atoms with Crippen LogP contribution < -0.4 is 4.72 Å². The maximum absolute atomic E-state index is 5.12. The van der Waals surface area contributed by atoms with E-state index in [2.05, 4.69) is 9.71 Å². The SMILES string of the molecule is CCOC1=NCN(C)SN1. The zero-order valence-corrected chi connectivity index (χ0v) is 6.94. The third-order valence-electron chi connectivity index (χ3n) is 0.983. The summed E-state index contributed by atoms with van der Waals surface area (Å²) in [7, 11) is 1.96. The van der Waals surface area contributed by atoms with Crippen molar-refractivity contribution in [2.75, 3.05) is 20.3 Å². The maximum atomic E-state index is 5.12. The summed E-state index contributed by atoms with van der Waals surface area (Å²) in [5.41, 5.74) is 0. The number of ether oxygens (including phenoxy) is 1. The van der Waals surface area contributed by atoms with E-state index >= 15 is 0 Å². The summed E-state index contributed by atoms with van der Waals surface area (Å²) < 4.78 is 10.0. The maximum Gasteiger partial charge on any atom is 0.297 e. The molecule has 0 radical (unpaired) electrons. The highest BCUT2D eigenvalue weighted by molar-refractivity contribution is 7.95. The predicted octanol–water partition coefficient (Wildman–Crippen LogP) is 0.435. The quantitative estimate of drug-likeness (QED) is 0.566. The van der Waals surface area contributed by atoms with E-state index in [1.807, 2.05) is 18.3 Å². The zero-order chi connectivity index (χ0) is 7.40. The highest BCUT2D eigenvalue weighted by Gasteiger charge is 2.08. The lowest BCUT2D eigenvalue weighted by atomic mass is 10.8. The van der Waals surface area contributed by atoms with Crippen molar-refractivity contribution in [3.63, 3.8) is 0 Å². The van der Waals surface area contributed by atoms with Gasteiger partial charge in [-0.05, 0) is 6.92 Å². The molecule has 10 heavy (non-hydrogen) atoms. The molecule has 0 atom stereocenters. The van der Waals surface area contributed by atoms with Crippen molar-refractivity contribution in [2.45, 2.75) is 6.92 Å². The van der Waals surface area contributed by atoms with Crippen LogP contribution in [0.1, 0.15) is 6.92 Å². The summed E-state index contributed by atoms with van der Waals surface area (Å²) >= 11 is 1.49. The summed E-state index contributed by atoms with van der Waals surface area (Å²) in [6, 6.07) is 0.630. The van der Waals surface area contributed by atoms with Gasteiger partial charge in [-0.25, -0.2) is 9.30 Å². The third-order valence-corrected chi connectivity index (χ3v) is 1.68. The lowest BCUT2D eigenvalue weighted by molar-refractivity contribution is 0.311. The van der Waals surface area contributed by atoms with Crippen LogP contribution in [0.15, 0.2) is 4.99 Å². The Kier molecular flexibility index (Phi) is 2.82. The summed E-state index contributed by atoms with van der Waals surface area (Å²) in [4.78, 5) is 4.09. The van der Waals surface area contributed by atoms with Gasteiger partial charge in [-0.1, -0.05) is 0 Å². The molecule has 0 bridgehead atoms. The molecule has 0 amide bonds. The van der Waals surface area contributed by atoms with Gasteiger partial charge >= 0.3 is 0 Å². The summed E-state index contributed by atoms with van der Waals surface area (Å²) in [6.45, 7) is 3.29. The van der Waals surface area contributed by atoms with Gasteiger partial charge in [-0.3, -0.25) is 4.72 Å². The van der Waals surface area contributed by atoms with Crippen molar-refractivity contribution in [3.05, 3.63) is 0 Å². The Balaban J connectivity index is 2.33. The summed E-state index contributed by atoms with van der Waals surface area (Å²) in [5.74, 6) is 0. The van der Waals surface area contributed by atoms with E-state index in [1.165, 1.54) is 12.1 Å². The number of amidine groups is 1. The first-order chi connectivity index (χ1) is 4.83. The van der Waals surface area contributed by atoms with Crippen LogP contribution in [0.2, 0.25) is 0 Å². The average molecular weight is 161 g/mol. The van der Waals surface area contributed by atoms with Crippen molar-refractivity contribution in [2.24, 2.45) is 4.99 Å². The van der Waals surface area contributed by atoms with Crippen LogP contribution in [-0.4, -0.2) is 30.7 Å². The number of nitrogens with one attached hydrogen (secondary N) is 1. The molecule has 0 aromatic heterocycles. The molecule has 1 N–H and O–H groups in total. The molecule has 4 nitrogen and oxygen atoms in total. The molecule has 0 saturated heterocycles. The number of hydrogen-bond donors (Lipinski definition) is 1. The van der Waals surface area contributed by atoms with Crippen LogP contribution in [0.5, 0.6) is 0 Å². The molecule has 5 heteroatoms. The molecule has 58 valence electrons. The number of rotatable bonds is 1. The minimum Gasteiger partial charge on any atom is -0.465 e. The number of aliphatic imine (C=N–C) groups is 1. The molecule has 1 aliphatic heterocycles. The van der Waals surface area contributed by atoms with Gasteiger partial charge in [0.15, 0.2) is 0 Å².